The Morgan fingerprint density at radius 2 is 1.06 bits per heavy atom. The first-order valence-corrected chi connectivity index (χ1v) is 17.6. The van der Waals surface area contributed by atoms with Gasteiger partial charge in [0.1, 0.15) is 11.2 Å². The summed E-state index contributed by atoms with van der Waals surface area (Å²) in [5.74, 6) is 1.94. The van der Waals surface area contributed by atoms with Crippen LogP contribution in [0.15, 0.2) is 132 Å². The second-order valence-corrected chi connectivity index (χ2v) is 13.8. The van der Waals surface area contributed by atoms with Gasteiger partial charge in [0.25, 0.3) is 0 Å². The van der Waals surface area contributed by atoms with Gasteiger partial charge in [0.15, 0.2) is 17.5 Å². The minimum atomic E-state index is -0.123. The maximum absolute atomic E-state index is 6.45. The molecule has 1 aliphatic carbocycles. The number of aromatic nitrogens is 3. The Morgan fingerprint density at radius 1 is 0.460 bits per heavy atom. The fourth-order valence-electron chi connectivity index (χ4n) is 7.83. The minimum absolute atomic E-state index is 0.123. The first-order valence-electron chi connectivity index (χ1n) is 17.6. The van der Waals surface area contributed by atoms with E-state index in [1.54, 1.807) is 0 Å². The SMILES string of the molecule is CCc1ccccc1-c1cc2c(cc1CC)oc1ccc(-c3nc(-c4ccccc4)nc(-c4ccc5c(c4)C(C)(C)c4ccccc4-5)n3)cc12. The average molecular weight is 648 g/mol. The zero-order valence-electron chi connectivity index (χ0n) is 28.8. The molecule has 1 aliphatic rings. The molecular formula is C46H37N3O. The van der Waals surface area contributed by atoms with Gasteiger partial charge in [-0.15, -0.1) is 0 Å². The Labute approximate surface area is 292 Å². The van der Waals surface area contributed by atoms with Crippen LogP contribution in [0, 0.1) is 0 Å². The molecule has 9 rings (SSSR count). The van der Waals surface area contributed by atoms with Gasteiger partial charge in [0, 0.05) is 32.9 Å². The van der Waals surface area contributed by atoms with E-state index in [2.05, 4.69) is 137 Å². The molecule has 0 spiro atoms. The lowest BCUT2D eigenvalue weighted by Gasteiger charge is -2.21. The van der Waals surface area contributed by atoms with Gasteiger partial charge in [0.05, 0.1) is 0 Å². The summed E-state index contributed by atoms with van der Waals surface area (Å²) >= 11 is 0. The second kappa shape index (κ2) is 11.6. The first kappa shape index (κ1) is 30.2. The van der Waals surface area contributed by atoms with E-state index in [1.165, 1.54) is 44.5 Å². The summed E-state index contributed by atoms with van der Waals surface area (Å²) in [6, 6.07) is 45.1. The smallest absolute Gasteiger partial charge is 0.164 e. The van der Waals surface area contributed by atoms with Crippen LogP contribution in [0.1, 0.15) is 49.9 Å². The first-order chi connectivity index (χ1) is 24.4. The molecule has 2 heterocycles. The van der Waals surface area contributed by atoms with Crippen LogP contribution in [0.3, 0.4) is 0 Å². The number of fused-ring (bicyclic) bond motifs is 6. The predicted octanol–water partition coefficient (Wildman–Crippen LogP) is 11.9. The third-order valence-electron chi connectivity index (χ3n) is 10.5. The van der Waals surface area contributed by atoms with Crippen LogP contribution in [0.2, 0.25) is 0 Å². The molecule has 0 saturated carbocycles. The van der Waals surface area contributed by atoms with Crippen LogP contribution < -0.4 is 0 Å². The largest absolute Gasteiger partial charge is 0.456 e. The van der Waals surface area contributed by atoms with Crippen molar-refractivity contribution in [2.24, 2.45) is 0 Å². The monoisotopic (exact) mass is 647 g/mol. The Hall–Kier alpha value is -5.87. The van der Waals surface area contributed by atoms with E-state index >= 15 is 0 Å². The summed E-state index contributed by atoms with van der Waals surface area (Å²) in [7, 11) is 0. The number of hydrogen-bond acceptors (Lipinski definition) is 4. The normalized spacial score (nSPS) is 13.1. The van der Waals surface area contributed by atoms with E-state index in [4.69, 9.17) is 19.4 Å². The Bertz CT molecular complexity index is 2600. The second-order valence-electron chi connectivity index (χ2n) is 13.8. The quantitative estimate of drug-likeness (QED) is 0.180. The van der Waals surface area contributed by atoms with Gasteiger partial charge in [0.2, 0.25) is 0 Å². The van der Waals surface area contributed by atoms with Crippen LogP contribution >= 0.6 is 0 Å². The lowest BCUT2D eigenvalue weighted by molar-refractivity contribution is 0.660. The van der Waals surface area contributed by atoms with E-state index in [9.17, 15) is 0 Å². The van der Waals surface area contributed by atoms with Gasteiger partial charge in [-0.3, -0.25) is 0 Å². The van der Waals surface area contributed by atoms with E-state index in [-0.39, 0.29) is 5.41 Å². The maximum atomic E-state index is 6.45. The molecule has 0 radical (unpaired) electrons. The van der Waals surface area contributed by atoms with Gasteiger partial charge in [-0.1, -0.05) is 119 Å². The molecular weight excluding hydrogens is 611 g/mol. The van der Waals surface area contributed by atoms with Crippen molar-refractivity contribution in [3.05, 3.63) is 150 Å². The Morgan fingerprint density at radius 3 is 1.82 bits per heavy atom. The van der Waals surface area contributed by atoms with E-state index in [0.717, 1.165) is 51.5 Å². The lowest BCUT2D eigenvalue weighted by atomic mass is 9.82. The molecule has 0 amide bonds. The van der Waals surface area contributed by atoms with Crippen molar-refractivity contribution < 1.29 is 4.42 Å². The summed E-state index contributed by atoms with van der Waals surface area (Å²) in [5.41, 5.74) is 14.9. The molecule has 0 saturated heterocycles. The zero-order valence-corrected chi connectivity index (χ0v) is 28.8. The van der Waals surface area contributed by atoms with Gasteiger partial charge < -0.3 is 4.42 Å². The van der Waals surface area contributed by atoms with Crippen LogP contribution in [-0.4, -0.2) is 15.0 Å². The summed E-state index contributed by atoms with van der Waals surface area (Å²) in [6.45, 7) is 9.03. The molecule has 0 aliphatic heterocycles. The molecule has 0 fully saturated rings. The van der Waals surface area contributed by atoms with Crippen LogP contribution in [-0.2, 0) is 18.3 Å². The molecule has 8 aromatic rings. The van der Waals surface area contributed by atoms with Gasteiger partial charge in [-0.2, -0.15) is 0 Å². The molecule has 0 bridgehead atoms. The van der Waals surface area contributed by atoms with Gasteiger partial charge in [-0.05, 0) is 93.7 Å². The van der Waals surface area contributed by atoms with Crippen molar-refractivity contribution in [1.82, 2.24) is 15.0 Å². The highest BCUT2D eigenvalue weighted by molar-refractivity contribution is 6.08. The van der Waals surface area contributed by atoms with Crippen molar-refractivity contribution in [3.8, 4) is 56.4 Å². The van der Waals surface area contributed by atoms with Crippen LogP contribution in [0.4, 0.5) is 0 Å². The Balaban J connectivity index is 1.22. The van der Waals surface area contributed by atoms with E-state index in [1.807, 2.05) is 18.2 Å². The molecule has 0 atom stereocenters. The van der Waals surface area contributed by atoms with Gasteiger partial charge in [-0.25, -0.2) is 15.0 Å². The molecule has 0 unspecified atom stereocenters. The van der Waals surface area contributed by atoms with Crippen LogP contribution in [0.25, 0.3) is 78.4 Å². The topological polar surface area (TPSA) is 51.8 Å². The van der Waals surface area contributed by atoms with Crippen molar-refractivity contribution >= 4 is 21.9 Å². The highest BCUT2D eigenvalue weighted by Gasteiger charge is 2.35. The zero-order chi connectivity index (χ0) is 34.0. The standard InChI is InChI=1S/C46H37N3O/c1-5-28-14-10-11-17-33(28)36-27-38-37-24-31(21-23-41(37)50-42(38)26-29(36)6-2)44-47-43(30-15-8-7-9-16-30)48-45(49-44)32-20-22-35-34-18-12-13-19-39(34)46(3,4)40(35)25-32/h7-27H,5-6H2,1-4H3. The highest BCUT2D eigenvalue weighted by Crippen LogP contribution is 2.49. The fourth-order valence-corrected chi connectivity index (χ4v) is 7.83. The summed E-state index contributed by atoms with van der Waals surface area (Å²) in [5, 5.41) is 2.15. The third kappa shape index (κ3) is 4.78. The molecule has 242 valence electrons. The average Bonchev–Trinajstić information content (AvgIpc) is 3.64. The number of aryl methyl sites for hydroxylation is 2. The summed E-state index contributed by atoms with van der Waals surface area (Å²) in [4.78, 5) is 15.3. The number of nitrogens with zero attached hydrogens (tertiary/aromatic N) is 3. The minimum Gasteiger partial charge on any atom is -0.456 e. The lowest BCUT2D eigenvalue weighted by Crippen LogP contribution is -2.15. The Kier molecular flexibility index (Phi) is 7.03. The summed E-state index contributed by atoms with van der Waals surface area (Å²) in [6.07, 6.45) is 1.90. The van der Waals surface area contributed by atoms with Crippen LogP contribution in [0.5, 0.6) is 0 Å². The molecule has 4 nitrogen and oxygen atoms in total. The van der Waals surface area contributed by atoms with E-state index in [0.29, 0.717) is 17.5 Å². The predicted molar refractivity (Wildman–Crippen MR) is 205 cm³/mol. The number of hydrogen-bond donors (Lipinski definition) is 0. The van der Waals surface area contributed by atoms with E-state index < -0.39 is 0 Å². The fraction of sp³-hybridized carbons (Fsp3) is 0.152. The third-order valence-corrected chi connectivity index (χ3v) is 10.5. The van der Waals surface area contributed by atoms with Crippen molar-refractivity contribution in [2.45, 2.75) is 46.0 Å². The molecule has 50 heavy (non-hydrogen) atoms. The highest BCUT2D eigenvalue weighted by atomic mass is 16.3. The van der Waals surface area contributed by atoms with Gasteiger partial charge >= 0.3 is 0 Å². The number of furan rings is 1. The van der Waals surface area contributed by atoms with Crippen molar-refractivity contribution in [2.75, 3.05) is 0 Å². The number of rotatable bonds is 6. The number of benzene rings is 6. The molecule has 6 aromatic carbocycles. The molecule has 2 aromatic heterocycles. The molecule has 0 N–H and O–H groups in total. The molecule has 4 heteroatoms. The van der Waals surface area contributed by atoms with Crippen molar-refractivity contribution in [1.29, 1.82) is 0 Å². The summed E-state index contributed by atoms with van der Waals surface area (Å²) < 4.78 is 6.45. The maximum Gasteiger partial charge on any atom is 0.164 e. The van der Waals surface area contributed by atoms with Crippen molar-refractivity contribution in [3.63, 3.8) is 0 Å².